The highest BCUT2D eigenvalue weighted by Crippen LogP contribution is 2.29. The molecule has 3 aromatic carbocycles. The highest BCUT2D eigenvalue weighted by atomic mass is 16.4. The van der Waals surface area contributed by atoms with E-state index in [-0.39, 0.29) is 38.5 Å². The number of nitrogens with one attached hydrogen (secondary N) is 3. The van der Waals surface area contributed by atoms with Crippen molar-refractivity contribution in [3.05, 3.63) is 78.9 Å². The van der Waals surface area contributed by atoms with Gasteiger partial charge in [-0.05, 0) is 54.6 Å². The van der Waals surface area contributed by atoms with Crippen molar-refractivity contribution in [2.24, 2.45) is 0 Å². The molecular formula is C34H31N5O9. The summed E-state index contributed by atoms with van der Waals surface area (Å²) in [6.45, 7) is 0. The molecule has 0 spiro atoms. The summed E-state index contributed by atoms with van der Waals surface area (Å²) in [4.78, 5) is 78.0. The fourth-order valence-corrected chi connectivity index (χ4v) is 4.36. The zero-order valence-corrected chi connectivity index (χ0v) is 25.4. The number of carbonyl (C=O) groups is 6. The Morgan fingerprint density at radius 3 is 1.02 bits per heavy atom. The summed E-state index contributed by atoms with van der Waals surface area (Å²) >= 11 is 0. The van der Waals surface area contributed by atoms with Crippen molar-refractivity contribution in [1.82, 2.24) is 9.97 Å². The summed E-state index contributed by atoms with van der Waals surface area (Å²) < 4.78 is 0. The van der Waals surface area contributed by atoms with Crippen molar-refractivity contribution >= 4 is 52.7 Å². The summed E-state index contributed by atoms with van der Waals surface area (Å²) in [6.07, 6.45) is -1.35. The van der Waals surface area contributed by atoms with E-state index < -0.39 is 35.6 Å². The molecular weight excluding hydrogens is 622 g/mol. The molecule has 0 aliphatic heterocycles. The molecule has 0 aliphatic rings. The Kier molecular flexibility index (Phi) is 11.6. The van der Waals surface area contributed by atoms with Crippen molar-refractivity contribution < 1.29 is 44.1 Å². The van der Waals surface area contributed by atoms with Crippen LogP contribution in [-0.2, 0) is 28.8 Å². The number of anilines is 3. The number of benzene rings is 3. The third-order valence-corrected chi connectivity index (χ3v) is 6.78. The lowest BCUT2D eigenvalue weighted by molar-refractivity contribution is -0.138. The molecule has 3 amide bonds. The molecule has 1 aromatic heterocycles. The smallest absolute Gasteiger partial charge is 0.303 e. The highest BCUT2D eigenvalue weighted by molar-refractivity contribution is 5.94. The van der Waals surface area contributed by atoms with Crippen LogP contribution in [0.3, 0.4) is 0 Å². The minimum Gasteiger partial charge on any atom is -0.481 e. The summed E-state index contributed by atoms with van der Waals surface area (Å²) in [5.41, 5.74) is 4.49. The Balaban J connectivity index is 1.61. The Bertz CT molecular complexity index is 1600. The molecule has 0 saturated carbocycles. The SMILES string of the molecule is O=C(O)CCC(=O)Nc1ccc(-c2cc(-c3ccc(NC(=O)CCC(=O)O)cc3)nc(-c3ccc(NC(=O)CCC(=O)O)cc3)n2)cc1. The van der Waals surface area contributed by atoms with Gasteiger partial charge in [-0.15, -0.1) is 0 Å². The van der Waals surface area contributed by atoms with Gasteiger partial charge in [0.15, 0.2) is 5.82 Å². The first-order chi connectivity index (χ1) is 22.9. The van der Waals surface area contributed by atoms with Crippen LogP contribution in [0.25, 0.3) is 33.9 Å². The van der Waals surface area contributed by atoms with Crippen LogP contribution >= 0.6 is 0 Å². The number of carboxylic acid groups (broad SMARTS) is 3. The summed E-state index contributed by atoms with van der Waals surface area (Å²) in [5, 5.41) is 34.4. The lowest BCUT2D eigenvalue weighted by atomic mass is 10.1. The van der Waals surface area contributed by atoms with Gasteiger partial charge in [0.1, 0.15) is 0 Å². The van der Waals surface area contributed by atoms with Crippen molar-refractivity contribution in [3.63, 3.8) is 0 Å². The van der Waals surface area contributed by atoms with Gasteiger partial charge in [0.2, 0.25) is 17.7 Å². The summed E-state index contributed by atoms with van der Waals surface area (Å²) in [5.74, 6) is -4.16. The predicted octanol–water partition coefficient (Wildman–Crippen LogP) is 4.89. The normalized spacial score (nSPS) is 10.5. The maximum Gasteiger partial charge on any atom is 0.303 e. The number of aliphatic carboxylic acids is 3. The Morgan fingerprint density at radius 1 is 0.438 bits per heavy atom. The molecule has 246 valence electrons. The first-order valence-electron chi connectivity index (χ1n) is 14.7. The number of nitrogens with zero attached hydrogens (tertiary/aromatic N) is 2. The molecule has 48 heavy (non-hydrogen) atoms. The van der Waals surface area contributed by atoms with Gasteiger partial charge in [0.05, 0.1) is 30.7 Å². The van der Waals surface area contributed by atoms with E-state index in [0.29, 0.717) is 51.0 Å². The molecule has 6 N–H and O–H groups in total. The molecule has 4 rings (SSSR count). The number of aromatic nitrogens is 2. The first-order valence-corrected chi connectivity index (χ1v) is 14.7. The molecule has 0 saturated heterocycles. The van der Waals surface area contributed by atoms with E-state index in [1.54, 1.807) is 78.9 Å². The molecule has 0 unspecified atom stereocenters. The van der Waals surface area contributed by atoms with Crippen molar-refractivity contribution in [2.75, 3.05) is 16.0 Å². The minimum absolute atomic E-state index is 0.161. The topological polar surface area (TPSA) is 225 Å². The predicted molar refractivity (Wildman–Crippen MR) is 175 cm³/mol. The maximum atomic E-state index is 12.1. The molecule has 4 aromatic rings. The largest absolute Gasteiger partial charge is 0.481 e. The van der Waals surface area contributed by atoms with Crippen LogP contribution in [0.2, 0.25) is 0 Å². The lowest BCUT2D eigenvalue weighted by Crippen LogP contribution is -2.13. The third-order valence-electron chi connectivity index (χ3n) is 6.78. The van der Waals surface area contributed by atoms with E-state index in [0.717, 1.165) is 0 Å². The van der Waals surface area contributed by atoms with Gasteiger partial charge < -0.3 is 31.3 Å². The number of carboxylic acids is 3. The lowest BCUT2D eigenvalue weighted by Gasteiger charge is -2.12. The standard InChI is InChI=1S/C34H31N5O9/c40-28(13-16-31(43)44)35-23-7-1-20(2-8-23)26-19-27(21-3-9-24(10-4-21)36-29(41)14-17-32(45)46)39-34(38-26)22-5-11-25(12-6-22)37-30(42)15-18-33(47)48/h1-12,19H,13-18H2,(H,35,40)(H,36,41)(H,37,42)(H,43,44)(H,45,46)(H,47,48). The van der Waals surface area contributed by atoms with Gasteiger partial charge in [0, 0.05) is 53.0 Å². The van der Waals surface area contributed by atoms with Gasteiger partial charge in [-0.1, -0.05) is 24.3 Å². The summed E-state index contributed by atoms with van der Waals surface area (Å²) in [7, 11) is 0. The fraction of sp³-hybridized carbons (Fsp3) is 0.176. The molecule has 1 heterocycles. The zero-order valence-electron chi connectivity index (χ0n) is 25.4. The molecule has 0 bridgehead atoms. The van der Waals surface area contributed by atoms with Gasteiger partial charge >= 0.3 is 17.9 Å². The second-order valence-corrected chi connectivity index (χ2v) is 10.5. The van der Waals surface area contributed by atoms with Crippen molar-refractivity contribution in [3.8, 4) is 33.9 Å². The van der Waals surface area contributed by atoms with Crippen LogP contribution in [0.15, 0.2) is 78.9 Å². The van der Waals surface area contributed by atoms with E-state index in [4.69, 9.17) is 25.3 Å². The third kappa shape index (κ3) is 10.6. The average molecular weight is 654 g/mol. The van der Waals surface area contributed by atoms with Gasteiger partial charge in [0.25, 0.3) is 0 Å². The number of hydrogen-bond donors (Lipinski definition) is 6. The van der Waals surface area contributed by atoms with Crippen LogP contribution in [0, 0.1) is 0 Å². The number of amides is 3. The first kappa shape index (κ1) is 34.4. The molecule has 0 atom stereocenters. The molecule has 14 nitrogen and oxygen atoms in total. The second kappa shape index (κ2) is 16.2. The van der Waals surface area contributed by atoms with E-state index in [1.807, 2.05) is 0 Å². The van der Waals surface area contributed by atoms with Crippen LogP contribution in [0.1, 0.15) is 38.5 Å². The molecule has 0 fully saturated rings. The van der Waals surface area contributed by atoms with E-state index >= 15 is 0 Å². The van der Waals surface area contributed by atoms with Crippen molar-refractivity contribution in [2.45, 2.75) is 38.5 Å². The zero-order chi connectivity index (χ0) is 34.6. The van der Waals surface area contributed by atoms with Crippen LogP contribution in [0.5, 0.6) is 0 Å². The second-order valence-electron chi connectivity index (χ2n) is 10.5. The maximum absolute atomic E-state index is 12.1. The number of hydrogen-bond acceptors (Lipinski definition) is 8. The fourth-order valence-electron chi connectivity index (χ4n) is 4.36. The quantitative estimate of drug-likeness (QED) is 0.101. The van der Waals surface area contributed by atoms with Crippen LogP contribution in [-0.4, -0.2) is 60.9 Å². The van der Waals surface area contributed by atoms with Gasteiger partial charge in [-0.25, -0.2) is 9.97 Å². The van der Waals surface area contributed by atoms with Crippen LogP contribution < -0.4 is 16.0 Å². The monoisotopic (exact) mass is 653 g/mol. The van der Waals surface area contributed by atoms with Gasteiger partial charge in [-0.2, -0.15) is 0 Å². The van der Waals surface area contributed by atoms with E-state index in [2.05, 4.69) is 16.0 Å². The highest BCUT2D eigenvalue weighted by Gasteiger charge is 2.13. The van der Waals surface area contributed by atoms with Crippen LogP contribution in [0.4, 0.5) is 17.1 Å². The summed E-state index contributed by atoms with van der Waals surface area (Å²) in [6, 6.07) is 22.1. The minimum atomic E-state index is -1.07. The van der Waals surface area contributed by atoms with Crippen molar-refractivity contribution in [1.29, 1.82) is 0 Å². The number of carbonyl (C=O) groups excluding carboxylic acids is 3. The van der Waals surface area contributed by atoms with Gasteiger partial charge in [-0.3, -0.25) is 28.8 Å². The molecule has 0 aliphatic carbocycles. The Hall–Kier alpha value is -6.44. The van der Waals surface area contributed by atoms with E-state index in [1.165, 1.54) is 0 Å². The Morgan fingerprint density at radius 2 is 0.729 bits per heavy atom. The molecule has 14 heteroatoms. The Labute approximate surface area is 273 Å². The average Bonchev–Trinajstić information content (AvgIpc) is 3.06. The molecule has 0 radical (unpaired) electrons. The number of rotatable bonds is 15. The van der Waals surface area contributed by atoms with E-state index in [9.17, 15) is 28.8 Å².